The van der Waals surface area contributed by atoms with Crippen LogP contribution in [0.25, 0.3) is 0 Å². The molecule has 0 N–H and O–H groups in total. The van der Waals surface area contributed by atoms with Gasteiger partial charge in [-0.1, -0.05) is 25.5 Å². The second kappa shape index (κ2) is 7.63. The molecule has 0 fully saturated rings. The van der Waals surface area contributed by atoms with E-state index in [0.29, 0.717) is 12.2 Å². The standard InChI is InChI=1S/C13H16F2O3/c1-2-3-8-17-12(16)9-10-4-6-11(7-5-10)18-13(14)15/h4-7,13H,2-3,8-9H2,1H3. The van der Waals surface area contributed by atoms with Crippen molar-refractivity contribution in [2.45, 2.75) is 32.8 Å². The first-order valence-electron chi connectivity index (χ1n) is 5.81. The highest BCUT2D eigenvalue weighted by atomic mass is 19.3. The van der Waals surface area contributed by atoms with Crippen LogP contribution in [-0.4, -0.2) is 19.2 Å². The average molecular weight is 258 g/mol. The molecule has 5 heteroatoms. The fourth-order valence-corrected chi connectivity index (χ4v) is 1.34. The zero-order chi connectivity index (χ0) is 13.4. The van der Waals surface area contributed by atoms with Gasteiger partial charge in [0.2, 0.25) is 0 Å². The van der Waals surface area contributed by atoms with Gasteiger partial charge in [-0.2, -0.15) is 8.78 Å². The van der Waals surface area contributed by atoms with Gasteiger partial charge in [0, 0.05) is 0 Å². The van der Waals surface area contributed by atoms with E-state index in [0.717, 1.165) is 12.8 Å². The molecule has 0 atom stereocenters. The van der Waals surface area contributed by atoms with Gasteiger partial charge in [-0.05, 0) is 24.1 Å². The Kier molecular flexibility index (Phi) is 6.11. The van der Waals surface area contributed by atoms with Crippen LogP contribution in [-0.2, 0) is 16.0 Å². The second-order valence-electron chi connectivity index (χ2n) is 3.77. The quantitative estimate of drug-likeness (QED) is 0.556. The molecule has 18 heavy (non-hydrogen) atoms. The molecule has 0 amide bonds. The van der Waals surface area contributed by atoms with E-state index in [4.69, 9.17) is 4.74 Å². The van der Waals surface area contributed by atoms with Gasteiger partial charge in [0.1, 0.15) is 5.75 Å². The minimum absolute atomic E-state index is 0.0769. The van der Waals surface area contributed by atoms with E-state index in [9.17, 15) is 13.6 Å². The van der Waals surface area contributed by atoms with Crippen LogP contribution in [0, 0.1) is 0 Å². The van der Waals surface area contributed by atoms with Crippen molar-refractivity contribution in [2.75, 3.05) is 6.61 Å². The van der Waals surface area contributed by atoms with E-state index in [1.54, 1.807) is 12.1 Å². The van der Waals surface area contributed by atoms with E-state index in [1.165, 1.54) is 12.1 Å². The van der Waals surface area contributed by atoms with E-state index >= 15 is 0 Å². The van der Waals surface area contributed by atoms with Gasteiger partial charge in [0.05, 0.1) is 13.0 Å². The number of esters is 1. The zero-order valence-electron chi connectivity index (χ0n) is 10.2. The van der Waals surface area contributed by atoms with Gasteiger partial charge in [-0.15, -0.1) is 0 Å². The maximum Gasteiger partial charge on any atom is 0.387 e. The number of alkyl halides is 2. The lowest BCUT2D eigenvalue weighted by molar-refractivity contribution is -0.142. The molecule has 0 aliphatic rings. The SMILES string of the molecule is CCCCOC(=O)Cc1ccc(OC(F)F)cc1. The Labute approximate surface area is 105 Å². The molecule has 0 radical (unpaired) electrons. The van der Waals surface area contributed by atoms with Crippen molar-refractivity contribution in [2.24, 2.45) is 0 Å². The van der Waals surface area contributed by atoms with Crippen LogP contribution < -0.4 is 4.74 Å². The monoisotopic (exact) mass is 258 g/mol. The first kappa shape index (κ1) is 14.4. The van der Waals surface area contributed by atoms with Crippen LogP contribution in [0.2, 0.25) is 0 Å². The number of ether oxygens (including phenoxy) is 2. The number of rotatable bonds is 7. The molecule has 0 aliphatic carbocycles. The molecule has 3 nitrogen and oxygen atoms in total. The number of benzene rings is 1. The molecule has 0 saturated heterocycles. The van der Waals surface area contributed by atoms with Gasteiger partial charge in [-0.3, -0.25) is 4.79 Å². The smallest absolute Gasteiger partial charge is 0.387 e. The van der Waals surface area contributed by atoms with Crippen molar-refractivity contribution in [3.05, 3.63) is 29.8 Å². The first-order valence-corrected chi connectivity index (χ1v) is 5.81. The lowest BCUT2D eigenvalue weighted by Crippen LogP contribution is -2.09. The van der Waals surface area contributed by atoms with Crippen LogP contribution in [0.5, 0.6) is 5.75 Å². The largest absolute Gasteiger partial charge is 0.465 e. The Morgan fingerprint density at radius 2 is 1.94 bits per heavy atom. The summed E-state index contributed by atoms with van der Waals surface area (Å²) in [6.07, 6.45) is 1.94. The molecule has 0 aliphatic heterocycles. The van der Waals surface area contributed by atoms with Crippen molar-refractivity contribution in [1.82, 2.24) is 0 Å². The van der Waals surface area contributed by atoms with Gasteiger partial charge in [0.25, 0.3) is 0 Å². The minimum atomic E-state index is -2.84. The first-order chi connectivity index (χ1) is 8.61. The number of hydrogen-bond acceptors (Lipinski definition) is 3. The highest BCUT2D eigenvalue weighted by Gasteiger charge is 2.06. The summed E-state index contributed by atoms with van der Waals surface area (Å²) in [7, 11) is 0. The summed E-state index contributed by atoms with van der Waals surface area (Å²) < 4.78 is 33.0. The highest BCUT2D eigenvalue weighted by molar-refractivity contribution is 5.72. The molecule has 0 spiro atoms. The predicted molar refractivity (Wildman–Crippen MR) is 62.6 cm³/mol. The van der Waals surface area contributed by atoms with E-state index < -0.39 is 6.61 Å². The Morgan fingerprint density at radius 3 is 2.50 bits per heavy atom. The molecule has 100 valence electrons. The van der Waals surface area contributed by atoms with E-state index in [2.05, 4.69) is 4.74 Å². The third-order valence-corrected chi connectivity index (χ3v) is 2.26. The number of halogens is 2. The molecule has 1 aromatic carbocycles. The summed E-state index contributed by atoms with van der Waals surface area (Å²) in [4.78, 5) is 11.4. The fourth-order valence-electron chi connectivity index (χ4n) is 1.34. The average Bonchev–Trinajstić information content (AvgIpc) is 2.31. The van der Waals surface area contributed by atoms with Crippen LogP contribution in [0.4, 0.5) is 8.78 Å². The molecule has 0 bridgehead atoms. The second-order valence-corrected chi connectivity index (χ2v) is 3.77. The number of unbranched alkanes of at least 4 members (excludes halogenated alkanes) is 1. The maximum absolute atomic E-state index is 11.9. The van der Waals surface area contributed by atoms with Gasteiger partial charge < -0.3 is 9.47 Å². The van der Waals surface area contributed by atoms with E-state index in [-0.39, 0.29) is 18.1 Å². The third kappa shape index (κ3) is 5.61. The van der Waals surface area contributed by atoms with Crippen LogP contribution in [0.3, 0.4) is 0 Å². The van der Waals surface area contributed by atoms with Gasteiger partial charge in [-0.25, -0.2) is 0 Å². The lowest BCUT2D eigenvalue weighted by Gasteiger charge is -2.06. The van der Waals surface area contributed by atoms with Crippen molar-refractivity contribution in [1.29, 1.82) is 0 Å². The Balaban J connectivity index is 2.40. The summed E-state index contributed by atoms with van der Waals surface area (Å²) in [6, 6.07) is 5.94. The summed E-state index contributed by atoms with van der Waals surface area (Å²) in [5.74, 6) is -0.237. The Bertz CT molecular complexity index is 363. The molecular formula is C13H16F2O3. The van der Waals surface area contributed by atoms with Crippen molar-refractivity contribution in [3.8, 4) is 5.75 Å². The highest BCUT2D eigenvalue weighted by Crippen LogP contribution is 2.15. The maximum atomic E-state index is 11.9. The van der Waals surface area contributed by atoms with Crippen LogP contribution in [0.1, 0.15) is 25.3 Å². The normalized spacial score (nSPS) is 10.4. The number of carbonyl (C=O) groups excluding carboxylic acids is 1. The minimum Gasteiger partial charge on any atom is -0.465 e. The Morgan fingerprint density at radius 1 is 1.28 bits per heavy atom. The zero-order valence-corrected chi connectivity index (χ0v) is 10.2. The van der Waals surface area contributed by atoms with Gasteiger partial charge >= 0.3 is 12.6 Å². The molecule has 0 heterocycles. The van der Waals surface area contributed by atoms with Crippen LogP contribution in [0.15, 0.2) is 24.3 Å². The Hall–Kier alpha value is -1.65. The molecule has 0 unspecified atom stereocenters. The lowest BCUT2D eigenvalue weighted by atomic mass is 10.1. The molecule has 0 aromatic heterocycles. The van der Waals surface area contributed by atoms with Gasteiger partial charge in [0.15, 0.2) is 0 Å². The fraction of sp³-hybridized carbons (Fsp3) is 0.462. The van der Waals surface area contributed by atoms with Crippen LogP contribution >= 0.6 is 0 Å². The topological polar surface area (TPSA) is 35.5 Å². The predicted octanol–water partition coefficient (Wildman–Crippen LogP) is 3.17. The van der Waals surface area contributed by atoms with Crippen molar-refractivity contribution >= 4 is 5.97 Å². The third-order valence-electron chi connectivity index (χ3n) is 2.26. The molecular weight excluding hydrogens is 242 g/mol. The molecule has 1 aromatic rings. The summed E-state index contributed by atoms with van der Waals surface area (Å²) in [5, 5.41) is 0. The number of hydrogen-bond donors (Lipinski definition) is 0. The summed E-state index contributed by atoms with van der Waals surface area (Å²) in [6.45, 7) is -0.410. The molecule has 1 rings (SSSR count). The summed E-state index contributed by atoms with van der Waals surface area (Å²) >= 11 is 0. The number of carbonyl (C=O) groups is 1. The van der Waals surface area contributed by atoms with E-state index in [1.807, 2.05) is 6.92 Å². The summed E-state index contributed by atoms with van der Waals surface area (Å²) in [5.41, 5.74) is 0.707. The van der Waals surface area contributed by atoms with Crippen molar-refractivity contribution < 1.29 is 23.0 Å². The van der Waals surface area contributed by atoms with Crippen molar-refractivity contribution in [3.63, 3.8) is 0 Å². The molecule has 0 saturated carbocycles.